The van der Waals surface area contributed by atoms with Gasteiger partial charge < -0.3 is 10.2 Å². The van der Waals surface area contributed by atoms with Gasteiger partial charge >= 0.3 is 6.18 Å². The number of nitrogens with zero attached hydrogens (tertiary/aromatic N) is 2. The normalized spacial score (nSPS) is 17.8. The highest BCUT2D eigenvalue weighted by Crippen LogP contribution is 2.33. The van der Waals surface area contributed by atoms with Crippen molar-refractivity contribution < 1.29 is 22.8 Å². The first kappa shape index (κ1) is 17.4. The average molecular weight is 369 g/mol. The van der Waals surface area contributed by atoms with Crippen LogP contribution in [0.15, 0.2) is 29.6 Å². The molecule has 0 radical (unpaired) electrons. The van der Waals surface area contributed by atoms with Crippen molar-refractivity contribution in [2.45, 2.75) is 18.6 Å². The monoisotopic (exact) mass is 369 g/mol. The number of aromatic nitrogens is 1. The summed E-state index contributed by atoms with van der Waals surface area (Å²) >= 11 is 1.07. The van der Waals surface area contributed by atoms with Gasteiger partial charge in [0.25, 0.3) is 5.91 Å². The Labute approximate surface area is 145 Å². The van der Waals surface area contributed by atoms with Gasteiger partial charge in [-0.25, -0.2) is 4.98 Å². The topological polar surface area (TPSA) is 62.3 Å². The van der Waals surface area contributed by atoms with Gasteiger partial charge in [0.2, 0.25) is 5.91 Å². The van der Waals surface area contributed by atoms with Gasteiger partial charge in [0.1, 0.15) is 16.7 Å². The number of thiazole rings is 1. The van der Waals surface area contributed by atoms with Gasteiger partial charge in [-0.3, -0.25) is 9.59 Å². The fourth-order valence-electron chi connectivity index (χ4n) is 2.53. The molecule has 132 valence electrons. The third-order valence-electron chi connectivity index (χ3n) is 3.91. The van der Waals surface area contributed by atoms with Crippen LogP contribution in [0.4, 0.5) is 13.2 Å². The van der Waals surface area contributed by atoms with Gasteiger partial charge in [0.15, 0.2) is 0 Å². The highest BCUT2D eigenvalue weighted by molar-refractivity contribution is 7.13. The van der Waals surface area contributed by atoms with E-state index in [0.717, 1.165) is 23.5 Å². The molecule has 1 fully saturated rings. The van der Waals surface area contributed by atoms with Crippen molar-refractivity contribution >= 4 is 23.2 Å². The van der Waals surface area contributed by atoms with Crippen molar-refractivity contribution in [3.8, 4) is 10.6 Å². The number of rotatable bonds is 3. The molecule has 9 heteroatoms. The molecule has 0 aliphatic carbocycles. The van der Waals surface area contributed by atoms with Gasteiger partial charge in [-0.1, -0.05) is 12.1 Å². The summed E-state index contributed by atoms with van der Waals surface area (Å²) in [4.78, 5) is 29.7. The van der Waals surface area contributed by atoms with Crippen molar-refractivity contribution in [2.75, 3.05) is 13.6 Å². The van der Waals surface area contributed by atoms with E-state index >= 15 is 0 Å². The van der Waals surface area contributed by atoms with Crippen LogP contribution in [0.5, 0.6) is 0 Å². The lowest BCUT2D eigenvalue weighted by Gasteiger charge is -2.11. The zero-order valence-corrected chi connectivity index (χ0v) is 13.9. The molecule has 0 bridgehead atoms. The third kappa shape index (κ3) is 3.65. The highest BCUT2D eigenvalue weighted by Gasteiger charge is 2.32. The Morgan fingerprint density at radius 3 is 2.80 bits per heavy atom. The maximum Gasteiger partial charge on any atom is 0.416 e. The molecule has 1 saturated heterocycles. The Bertz CT molecular complexity index is 819. The van der Waals surface area contributed by atoms with Crippen LogP contribution in [0.1, 0.15) is 22.5 Å². The van der Waals surface area contributed by atoms with Gasteiger partial charge in [-0.2, -0.15) is 13.2 Å². The molecule has 1 aromatic carbocycles. The summed E-state index contributed by atoms with van der Waals surface area (Å²) in [6.07, 6.45) is -3.92. The molecule has 3 rings (SSSR count). The molecule has 2 aromatic rings. The van der Waals surface area contributed by atoms with Crippen LogP contribution in [0, 0.1) is 0 Å². The summed E-state index contributed by atoms with van der Waals surface area (Å²) in [6, 6.07) is 4.19. The van der Waals surface area contributed by atoms with Crippen LogP contribution < -0.4 is 5.32 Å². The van der Waals surface area contributed by atoms with E-state index in [-0.39, 0.29) is 17.2 Å². The molecule has 2 heterocycles. The quantitative estimate of drug-likeness (QED) is 0.905. The maximum atomic E-state index is 12.8. The third-order valence-corrected chi connectivity index (χ3v) is 4.80. The molecule has 0 spiro atoms. The number of hydrogen-bond donors (Lipinski definition) is 1. The predicted molar refractivity (Wildman–Crippen MR) is 86.1 cm³/mol. The van der Waals surface area contributed by atoms with Gasteiger partial charge in [-0.05, 0) is 18.6 Å². The van der Waals surface area contributed by atoms with Crippen molar-refractivity contribution in [2.24, 2.45) is 0 Å². The largest absolute Gasteiger partial charge is 0.416 e. The Morgan fingerprint density at radius 1 is 1.40 bits per heavy atom. The number of nitrogens with one attached hydrogen (secondary N) is 1. The van der Waals surface area contributed by atoms with E-state index in [4.69, 9.17) is 0 Å². The number of amides is 2. The van der Waals surface area contributed by atoms with Crippen LogP contribution in [0.25, 0.3) is 10.6 Å². The molecule has 1 N–H and O–H groups in total. The molecule has 1 atom stereocenters. The fourth-order valence-corrected chi connectivity index (χ4v) is 3.32. The van der Waals surface area contributed by atoms with E-state index < -0.39 is 23.7 Å². The fraction of sp³-hybridized carbons (Fsp3) is 0.312. The van der Waals surface area contributed by atoms with Crippen molar-refractivity contribution in [1.29, 1.82) is 0 Å². The summed E-state index contributed by atoms with van der Waals surface area (Å²) in [6.45, 7) is 0.566. The second kappa shape index (κ2) is 6.47. The number of benzene rings is 1. The number of carbonyl (C=O) groups excluding carboxylic acids is 2. The summed E-state index contributed by atoms with van der Waals surface area (Å²) in [5, 5.41) is 4.39. The average Bonchev–Trinajstić information content (AvgIpc) is 3.17. The van der Waals surface area contributed by atoms with E-state index in [1.807, 2.05) is 0 Å². The summed E-state index contributed by atoms with van der Waals surface area (Å²) in [5.41, 5.74) is -0.402. The van der Waals surface area contributed by atoms with Crippen molar-refractivity contribution in [3.05, 3.63) is 40.9 Å². The molecule has 1 unspecified atom stereocenters. The summed E-state index contributed by atoms with van der Waals surface area (Å²) in [5.74, 6) is -0.676. The molecular formula is C16H14F3N3O2S. The predicted octanol–water partition coefficient (Wildman–Crippen LogP) is 2.79. The lowest BCUT2D eigenvalue weighted by atomic mass is 10.1. The second-order valence-electron chi connectivity index (χ2n) is 5.69. The minimum absolute atomic E-state index is 0.0831. The summed E-state index contributed by atoms with van der Waals surface area (Å²) in [7, 11) is 1.66. The smallest absolute Gasteiger partial charge is 0.344 e. The van der Waals surface area contributed by atoms with Crippen LogP contribution in [0.2, 0.25) is 0 Å². The first-order valence-corrected chi connectivity index (χ1v) is 8.32. The second-order valence-corrected chi connectivity index (χ2v) is 6.55. The van der Waals surface area contributed by atoms with Crippen LogP contribution in [0.3, 0.4) is 0 Å². The first-order valence-electron chi connectivity index (χ1n) is 7.44. The minimum atomic E-state index is -4.44. The maximum absolute atomic E-state index is 12.8. The van der Waals surface area contributed by atoms with Crippen molar-refractivity contribution in [3.63, 3.8) is 0 Å². The minimum Gasteiger partial charge on any atom is -0.344 e. The molecule has 2 amide bonds. The SMILES string of the molecule is CN1CCC(NC(=O)c2csc(-c3cccc(C(F)(F)F)c3)n2)C1=O. The van der Waals surface area contributed by atoms with Crippen molar-refractivity contribution in [1.82, 2.24) is 15.2 Å². The van der Waals surface area contributed by atoms with Crippen LogP contribution in [-0.2, 0) is 11.0 Å². The zero-order valence-electron chi connectivity index (χ0n) is 13.1. The van der Waals surface area contributed by atoms with Gasteiger partial charge in [-0.15, -0.1) is 11.3 Å². The molecule has 1 aliphatic rings. The van der Waals surface area contributed by atoms with E-state index in [2.05, 4.69) is 10.3 Å². The van der Waals surface area contributed by atoms with Crippen LogP contribution in [-0.4, -0.2) is 41.3 Å². The zero-order chi connectivity index (χ0) is 18.2. The highest BCUT2D eigenvalue weighted by atomic mass is 32.1. The molecular weight excluding hydrogens is 355 g/mol. The first-order chi connectivity index (χ1) is 11.8. The molecule has 5 nitrogen and oxygen atoms in total. The van der Waals surface area contributed by atoms with Gasteiger partial charge in [0, 0.05) is 24.5 Å². The van der Waals surface area contributed by atoms with E-state index in [1.165, 1.54) is 22.4 Å². The van der Waals surface area contributed by atoms with Crippen LogP contribution >= 0.6 is 11.3 Å². The lowest BCUT2D eigenvalue weighted by molar-refractivity contribution is -0.137. The number of likely N-dealkylation sites (N-methyl/N-ethyl adjacent to an activating group) is 1. The summed E-state index contributed by atoms with van der Waals surface area (Å²) < 4.78 is 38.4. The Balaban J connectivity index is 1.76. The Hall–Kier alpha value is -2.42. The lowest BCUT2D eigenvalue weighted by Crippen LogP contribution is -2.40. The number of hydrogen-bond acceptors (Lipinski definition) is 4. The van der Waals surface area contributed by atoms with E-state index in [9.17, 15) is 22.8 Å². The van der Waals surface area contributed by atoms with E-state index in [0.29, 0.717) is 18.0 Å². The molecule has 1 aromatic heterocycles. The Kier molecular flexibility index (Phi) is 4.51. The molecule has 1 aliphatic heterocycles. The molecule has 25 heavy (non-hydrogen) atoms. The standard InChI is InChI=1S/C16H14F3N3O2S/c1-22-6-5-11(15(22)24)20-13(23)12-8-25-14(21-12)9-3-2-4-10(7-9)16(17,18)19/h2-4,7-8,11H,5-6H2,1H3,(H,20,23). The van der Waals surface area contributed by atoms with Gasteiger partial charge in [0.05, 0.1) is 5.56 Å². The number of carbonyl (C=O) groups is 2. The number of alkyl halides is 3. The Morgan fingerprint density at radius 2 is 2.16 bits per heavy atom. The number of likely N-dealkylation sites (tertiary alicyclic amines) is 1. The number of halogens is 3. The van der Waals surface area contributed by atoms with E-state index in [1.54, 1.807) is 7.05 Å². The molecule has 0 saturated carbocycles.